The zero-order valence-corrected chi connectivity index (χ0v) is 9.77. The van der Waals surface area contributed by atoms with Crippen molar-refractivity contribution >= 4 is 11.3 Å². The Kier molecular flexibility index (Phi) is 5.83. The van der Waals surface area contributed by atoms with Crippen LogP contribution in [0.4, 0.5) is 0 Å². The van der Waals surface area contributed by atoms with E-state index < -0.39 is 0 Å². The molecule has 0 fully saturated rings. The molecule has 0 saturated carbocycles. The van der Waals surface area contributed by atoms with Crippen LogP contribution in [0.15, 0.2) is 16.8 Å². The van der Waals surface area contributed by atoms with Gasteiger partial charge in [0.2, 0.25) is 0 Å². The van der Waals surface area contributed by atoms with Crippen LogP contribution in [0.1, 0.15) is 31.9 Å². The molecular formula is C11H19NOS. The molecule has 1 unspecified atom stereocenters. The quantitative estimate of drug-likeness (QED) is 0.703. The first-order valence-corrected chi connectivity index (χ1v) is 6.12. The summed E-state index contributed by atoms with van der Waals surface area (Å²) in [5.41, 5.74) is 1.37. The van der Waals surface area contributed by atoms with E-state index >= 15 is 0 Å². The number of hydrogen-bond acceptors (Lipinski definition) is 3. The molecule has 0 aliphatic rings. The van der Waals surface area contributed by atoms with Crippen LogP contribution in [0.2, 0.25) is 0 Å². The summed E-state index contributed by atoms with van der Waals surface area (Å²) < 4.78 is 5.39. The van der Waals surface area contributed by atoms with Crippen molar-refractivity contribution < 1.29 is 4.74 Å². The van der Waals surface area contributed by atoms with E-state index in [1.807, 2.05) is 0 Å². The third-order valence-corrected chi connectivity index (χ3v) is 2.79. The van der Waals surface area contributed by atoms with Gasteiger partial charge >= 0.3 is 0 Å². The SMILES string of the molecule is CCCOCCNC(C)c1ccsc1. The number of rotatable bonds is 7. The van der Waals surface area contributed by atoms with Gasteiger partial charge in [0.25, 0.3) is 0 Å². The molecule has 1 aromatic rings. The summed E-state index contributed by atoms with van der Waals surface area (Å²) in [6, 6.07) is 2.60. The molecule has 1 N–H and O–H groups in total. The van der Waals surface area contributed by atoms with Gasteiger partial charge in [-0.2, -0.15) is 11.3 Å². The summed E-state index contributed by atoms with van der Waals surface area (Å²) >= 11 is 1.74. The monoisotopic (exact) mass is 213 g/mol. The van der Waals surface area contributed by atoms with Gasteiger partial charge in [0.15, 0.2) is 0 Å². The summed E-state index contributed by atoms with van der Waals surface area (Å²) in [6.07, 6.45) is 1.10. The van der Waals surface area contributed by atoms with Crippen LogP contribution < -0.4 is 5.32 Å². The lowest BCUT2D eigenvalue weighted by molar-refractivity contribution is 0.135. The summed E-state index contributed by atoms with van der Waals surface area (Å²) in [5, 5.41) is 7.72. The van der Waals surface area contributed by atoms with Crippen LogP contribution in [-0.2, 0) is 4.74 Å². The van der Waals surface area contributed by atoms with Crippen LogP contribution in [0, 0.1) is 0 Å². The molecule has 1 atom stereocenters. The second kappa shape index (κ2) is 6.98. The van der Waals surface area contributed by atoms with Gasteiger partial charge in [-0.3, -0.25) is 0 Å². The molecule has 0 aliphatic heterocycles. The lowest BCUT2D eigenvalue weighted by atomic mass is 10.2. The van der Waals surface area contributed by atoms with E-state index in [0.717, 1.165) is 26.2 Å². The number of thiophene rings is 1. The summed E-state index contributed by atoms with van der Waals surface area (Å²) in [6.45, 7) is 6.91. The zero-order valence-electron chi connectivity index (χ0n) is 8.95. The van der Waals surface area contributed by atoms with Crippen molar-refractivity contribution in [2.75, 3.05) is 19.8 Å². The highest BCUT2D eigenvalue weighted by Crippen LogP contribution is 2.14. The van der Waals surface area contributed by atoms with Crippen molar-refractivity contribution in [2.24, 2.45) is 0 Å². The van der Waals surface area contributed by atoms with Gasteiger partial charge < -0.3 is 10.1 Å². The Hall–Kier alpha value is -0.380. The van der Waals surface area contributed by atoms with Gasteiger partial charge in [0, 0.05) is 19.2 Å². The predicted molar refractivity (Wildman–Crippen MR) is 61.8 cm³/mol. The smallest absolute Gasteiger partial charge is 0.0591 e. The van der Waals surface area contributed by atoms with E-state index in [1.165, 1.54) is 5.56 Å². The first-order chi connectivity index (χ1) is 6.84. The molecule has 3 heteroatoms. The first kappa shape index (κ1) is 11.7. The number of hydrogen-bond donors (Lipinski definition) is 1. The van der Waals surface area contributed by atoms with Gasteiger partial charge in [-0.15, -0.1) is 0 Å². The highest BCUT2D eigenvalue weighted by atomic mass is 32.1. The average molecular weight is 213 g/mol. The van der Waals surface area contributed by atoms with Crippen molar-refractivity contribution in [2.45, 2.75) is 26.3 Å². The van der Waals surface area contributed by atoms with Crippen LogP contribution >= 0.6 is 11.3 Å². The molecule has 1 rings (SSSR count). The minimum atomic E-state index is 0.437. The van der Waals surface area contributed by atoms with Gasteiger partial charge in [0.05, 0.1) is 6.61 Å². The molecule has 80 valence electrons. The van der Waals surface area contributed by atoms with E-state index in [0.29, 0.717) is 6.04 Å². The van der Waals surface area contributed by atoms with Crippen LogP contribution in [0.3, 0.4) is 0 Å². The molecule has 14 heavy (non-hydrogen) atoms. The summed E-state index contributed by atoms with van der Waals surface area (Å²) in [5.74, 6) is 0. The lowest BCUT2D eigenvalue weighted by Gasteiger charge is -2.12. The Labute approximate surface area is 90.3 Å². The second-order valence-electron chi connectivity index (χ2n) is 3.34. The Bertz CT molecular complexity index is 223. The molecule has 0 saturated heterocycles. The van der Waals surface area contributed by atoms with Crippen molar-refractivity contribution in [3.63, 3.8) is 0 Å². The van der Waals surface area contributed by atoms with E-state index in [9.17, 15) is 0 Å². The molecule has 1 heterocycles. The van der Waals surface area contributed by atoms with Gasteiger partial charge in [-0.1, -0.05) is 6.92 Å². The predicted octanol–water partition coefficient (Wildman–Crippen LogP) is 2.83. The van der Waals surface area contributed by atoms with Crippen molar-refractivity contribution in [3.8, 4) is 0 Å². The minimum absolute atomic E-state index is 0.437. The molecule has 0 spiro atoms. The first-order valence-electron chi connectivity index (χ1n) is 5.17. The number of ether oxygens (including phenoxy) is 1. The highest BCUT2D eigenvalue weighted by Gasteiger charge is 2.03. The topological polar surface area (TPSA) is 21.3 Å². The summed E-state index contributed by atoms with van der Waals surface area (Å²) in [7, 11) is 0. The zero-order chi connectivity index (χ0) is 10.2. The number of nitrogens with one attached hydrogen (secondary N) is 1. The van der Waals surface area contributed by atoms with Crippen LogP contribution in [0.25, 0.3) is 0 Å². The fourth-order valence-electron chi connectivity index (χ4n) is 1.23. The fraction of sp³-hybridized carbons (Fsp3) is 0.636. The Balaban J connectivity index is 2.07. The van der Waals surface area contributed by atoms with E-state index in [-0.39, 0.29) is 0 Å². The molecule has 2 nitrogen and oxygen atoms in total. The van der Waals surface area contributed by atoms with Crippen LogP contribution in [-0.4, -0.2) is 19.8 Å². The minimum Gasteiger partial charge on any atom is -0.380 e. The van der Waals surface area contributed by atoms with Crippen molar-refractivity contribution in [1.82, 2.24) is 5.32 Å². The maximum absolute atomic E-state index is 5.39. The molecule has 0 bridgehead atoms. The van der Waals surface area contributed by atoms with E-state index in [2.05, 4.69) is 36.0 Å². The third kappa shape index (κ3) is 4.22. The lowest BCUT2D eigenvalue weighted by Crippen LogP contribution is -2.23. The fourth-order valence-corrected chi connectivity index (χ4v) is 1.99. The van der Waals surface area contributed by atoms with E-state index in [4.69, 9.17) is 4.74 Å². The van der Waals surface area contributed by atoms with Gasteiger partial charge in [-0.05, 0) is 35.7 Å². The molecular weight excluding hydrogens is 194 g/mol. The molecule has 0 radical (unpaired) electrons. The van der Waals surface area contributed by atoms with E-state index in [1.54, 1.807) is 11.3 Å². The molecule has 0 aromatic carbocycles. The molecule has 0 amide bonds. The molecule has 0 aliphatic carbocycles. The summed E-state index contributed by atoms with van der Waals surface area (Å²) in [4.78, 5) is 0. The third-order valence-electron chi connectivity index (χ3n) is 2.09. The van der Waals surface area contributed by atoms with Crippen molar-refractivity contribution in [1.29, 1.82) is 0 Å². The van der Waals surface area contributed by atoms with Crippen LogP contribution in [0.5, 0.6) is 0 Å². The maximum Gasteiger partial charge on any atom is 0.0591 e. The normalized spacial score (nSPS) is 13.0. The van der Waals surface area contributed by atoms with Gasteiger partial charge in [-0.25, -0.2) is 0 Å². The Morgan fingerprint density at radius 2 is 2.36 bits per heavy atom. The standard InChI is InChI=1S/C11H19NOS/c1-3-6-13-7-5-12-10(2)11-4-8-14-9-11/h4,8-10,12H,3,5-7H2,1-2H3. The molecule has 1 aromatic heterocycles. The van der Waals surface area contributed by atoms with Gasteiger partial charge in [0.1, 0.15) is 0 Å². The Morgan fingerprint density at radius 1 is 1.50 bits per heavy atom. The maximum atomic E-state index is 5.39. The average Bonchev–Trinajstić information content (AvgIpc) is 2.70. The largest absolute Gasteiger partial charge is 0.380 e. The Morgan fingerprint density at radius 3 is 3.00 bits per heavy atom. The second-order valence-corrected chi connectivity index (χ2v) is 4.12. The van der Waals surface area contributed by atoms with Crippen molar-refractivity contribution in [3.05, 3.63) is 22.4 Å². The highest BCUT2D eigenvalue weighted by molar-refractivity contribution is 7.07.